The minimum Gasteiger partial charge on any atom is -0.475 e. The lowest BCUT2D eigenvalue weighted by molar-refractivity contribution is -0.192. The molecule has 5 N–H and O–H groups in total. The van der Waals surface area contributed by atoms with E-state index in [0.29, 0.717) is 24.2 Å². The number of hydrogen-bond donors (Lipinski definition) is 4. The predicted octanol–water partition coefficient (Wildman–Crippen LogP) is 4.51. The van der Waals surface area contributed by atoms with Gasteiger partial charge in [0.05, 0.1) is 11.3 Å². The highest BCUT2D eigenvalue weighted by Gasteiger charge is 2.38. The molecule has 4 aromatic rings. The average molecular weight is 517 g/mol. The minimum absolute atomic E-state index is 0.00107. The molecule has 2 aromatic carbocycles. The van der Waals surface area contributed by atoms with Gasteiger partial charge in [0, 0.05) is 41.1 Å². The van der Waals surface area contributed by atoms with Crippen LogP contribution in [0.3, 0.4) is 0 Å². The molecule has 1 unspecified atom stereocenters. The lowest BCUT2D eigenvalue weighted by atomic mass is 10.1. The number of nitrogens with one attached hydrogen (secondary N) is 2. The van der Waals surface area contributed by atoms with Crippen molar-refractivity contribution in [3.05, 3.63) is 70.5 Å². The Labute approximate surface area is 209 Å². The third-order valence-corrected chi connectivity index (χ3v) is 5.67. The zero-order valence-electron chi connectivity index (χ0n) is 20.2. The fourth-order valence-electron chi connectivity index (χ4n) is 3.91. The van der Waals surface area contributed by atoms with Gasteiger partial charge < -0.3 is 25.7 Å². The van der Waals surface area contributed by atoms with Crippen LogP contribution in [0.25, 0.3) is 33.1 Å². The number of H-pyrrole nitrogens is 2. The molecule has 3 heterocycles. The highest BCUT2D eigenvalue weighted by molar-refractivity contribution is 5.99. The van der Waals surface area contributed by atoms with Crippen molar-refractivity contribution < 1.29 is 27.9 Å². The molecule has 1 amide bonds. The van der Waals surface area contributed by atoms with Crippen molar-refractivity contribution in [2.24, 2.45) is 5.73 Å². The first kappa shape index (κ1) is 27.5. The number of para-hydroxylation sites is 1. The van der Waals surface area contributed by atoms with Gasteiger partial charge >= 0.3 is 12.1 Å². The number of fused-ring (bicyclic) bond motifs is 2. The number of halogens is 3. The fourth-order valence-corrected chi connectivity index (χ4v) is 3.91. The first-order valence-electron chi connectivity index (χ1n) is 11.6. The number of carbonyl (C=O) groups is 2. The van der Waals surface area contributed by atoms with E-state index in [1.165, 1.54) is 0 Å². The average Bonchev–Trinajstić information content (AvgIpc) is 3.50. The van der Waals surface area contributed by atoms with E-state index >= 15 is 0 Å². The van der Waals surface area contributed by atoms with Gasteiger partial charge in [-0.25, -0.2) is 4.79 Å². The van der Waals surface area contributed by atoms with E-state index in [2.05, 4.69) is 9.97 Å². The molecule has 2 aromatic heterocycles. The zero-order valence-corrected chi connectivity index (χ0v) is 20.2. The van der Waals surface area contributed by atoms with Crippen molar-refractivity contribution in [3.63, 3.8) is 0 Å². The van der Waals surface area contributed by atoms with E-state index in [0.717, 1.165) is 33.9 Å². The SMILES string of the molecule is CC.NC1CCN(C(=O)c2ccc3[nH]c(-c4cc5ccccc5[nH]c4=O)cc3c2)C1.O=C(O)C(F)(F)F. The summed E-state index contributed by atoms with van der Waals surface area (Å²) in [4.78, 5) is 42.2. The zero-order chi connectivity index (χ0) is 27.3. The van der Waals surface area contributed by atoms with E-state index in [1.807, 2.05) is 68.4 Å². The summed E-state index contributed by atoms with van der Waals surface area (Å²) >= 11 is 0. The van der Waals surface area contributed by atoms with E-state index < -0.39 is 12.1 Å². The van der Waals surface area contributed by atoms with Gasteiger partial charge in [-0.3, -0.25) is 9.59 Å². The largest absolute Gasteiger partial charge is 0.490 e. The van der Waals surface area contributed by atoms with Crippen LogP contribution in [0.1, 0.15) is 30.6 Å². The molecule has 0 aliphatic carbocycles. The van der Waals surface area contributed by atoms with Crippen molar-refractivity contribution in [2.75, 3.05) is 13.1 Å². The summed E-state index contributed by atoms with van der Waals surface area (Å²) < 4.78 is 31.7. The quantitative estimate of drug-likeness (QED) is 0.311. The maximum absolute atomic E-state index is 12.7. The summed E-state index contributed by atoms with van der Waals surface area (Å²) in [5, 5.41) is 8.99. The number of amides is 1. The lowest BCUT2D eigenvalue weighted by Gasteiger charge is -2.15. The van der Waals surface area contributed by atoms with Crippen LogP contribution < -0.4 is 11.3 Å². The van der Waals surface area contributed by atoms with Crippen molar-refractivity contribution in [1.82, 2.24) is 14.9 Å². The van der Waals surface area contributed by atoms with Gasteiger partial charge in [-0.2, -0.15) is 13.2 Å². The lowest BCUT2D eigenvalue weighted by Crippen LogP contribution is -2.31. The van der Waals surface area contributed by atoms with Crippen LogP contribution in [0, 0.1) is 0 Å². The molecule has 5 rings (SSSR count). The Morgan fingerprint density at radius 2 is 1.65 bits per heavy atom. The van der Waals surface area contributed by atoms with Crippen LogP contribution in [-0.4, -0.2) is 57.2 Å². The summed E-state index contributed by atoms with van der Waals surface area (Å²) in [6.07, 6.45) is -4.24. The van der Waals surface area contributed by atoms with Gasteiger partial charge in [0.1, 0.15) is 0 Å². The van der Waals surface area contributed by atoms with Gasteiger partial charge in [-0.1, -0.05) is 32.0 Å². The maximum Gasteiger partial charge on any atom is 0.490 e. The molecule has 11 heteroatoms. The molecule has 0 spiro atoms. The van der Waals surface area contributed by atoms with Crippen LogP contribution in [0.5, 0.6) is 0 Å². The number of hydrogen-bond acceptors (Lipinski definition) is 4. The number of pyridine rings is 1. The molecule has 1 aliphatic rings. The second-order valence-corrected chi connectivity index (χ2v) is 8.19. The number of benzene rings is 2. The summed E-state index contributed by atoms with van der Waals surface area (Å²) in [5.74, 6) is -2.76. The fraction of sp³-hybridized carbons (Fsp3) is 0.269. The molecule has 8 nitrogen and oxygen atoms in total. The topological polar surface area (TPSA) is 132 Å². The number of carboxylic acid groups (broad SMARTS) is 1. The van der Waals surface area contributed by atoms with E-state index in [4.69, 9.17) is 15.6 Å². The van der Waals surface area contributed by atoms with Crippen LogP contribution in [0.4, 0.5) is 13.2 Å². The molecule has 37 heavy (non-hydrogen) atoms. The number of aliphatic carboxylic acids is 1. The number of carboxylic acids is 1. The van der Waals surface area contributed by atoms with Gasteiger partial charge in [0.15, 0.2) is 0 Å². The summed E-state index contributed by atoms with van der Waals surface area (Å²) in [5.41, 5.74) is 9.42. The molecule has 1 atom stereocenters. The van der Waals surface area contributed by atoms with Gasteiger partial charge in [0.25, 0.3) is 11.5 Å². The predicted molar refractivity (Wildman–Crippen MR) is 135 cm³/mol. The highest BCUT2D eigenvalue weighted by atomic mass is 19.4. The van der Waals surface area contributed by atoms with E-state index in [-0.39, 0.29) is 17.5 Å². The number of aromatic nitrogens is 2. The number of nitrogens with two attached hydrogens (primary N) is 1. The van der Waals surface area contributed by atoms with Gasteiger partial charge in [0.2, 0.25) is 0 Å². The Balaban J connectivity index is 0.000000369. The van der Waals surface area contributed by atoms with Crippen molar-refractivity contribution in [3.8, 4) is 11.3 Å². The van der Waals surface area contributed by atoms with E-state index in [9.17, 15) is 22.8 Å². The molecule has 1 aliphatic heterocycles. The van der Waals surface area contributed by atoms with Crippen molar-refractivity contribution >= 4 is 33.7 Å². The van der Waals surface area contributed by atoms with Crippen molar-refractivity contribution in [2.45, 2.75) is 32.5 Å². The van der Waals surface area contributed by atoms with Gasteiger partial charge in [-0.05, 0) is 48.2 Å². The Hall–Kier alpha value is -4.12. The number of nitrogens with zero attached hydrogens (tertiary/aromatic N) is 1. The summed E-state index contributed by atoms with van der Waals surface area (Å²) in [7, 11) is 0. The molecule has 1 fully saturated rings. The Morgan fingerprint density at radius 1 is 1.00 bits per heavy atom. The maximum atomic E-state index is 12.7. The number of likely N-dealkylation sites (tertiary alicyclic amines) is 1. The molecule has 1 saturated heterocycles. The molecule has 0 saturated carbocycles. The first-order chi connectivity index (χ1) is 17.5. The standard InChI is InChI=1S/C22H20N4O2.C2HF3O2.C2H6/c23-16-7-8-26(12-16)22(28)14-5-6-19-15(9-14)11-20(24-19)17-10-13-3-1-2-4-18(13)25-21(17)27;3-2(4,5)1(6)7;1-2/h1-6,9-11,16,24H,7-8,12,23H2,(H,25,27);(H,6,7);1-2H3. The Kier molecular flexibility index (Phi) is 8.38. The van der Waals surface area contributed by atoms with Crippen LogP contribution >= 0.6 is 0 Å². The number of rotatable bonds is 2. The van der Waals surface area contributed by atoms with Crippen molar-refractivity contribution in [1.29, 1.82) is 0 Å². The number of alkyl halides is 3. The van der Waals surface area contributed by atoms with Crippen LogP contribution in [0.2, 0.25) is 0 Å². The molecule has 196 valence electrons. The first-order valence-corrected chi connectivity index (χ1v) is 11.6. The third-order valence-electron chi connectivity index (χ3n) is 5.67. The highest BCUT2D eigenvalue weighted by Crippen LogP contribution is 2.25. The Morgan fingerprint density at radius 3 is 2.27 bits per heavy atom. The number of aromatic amines is 2. The molecule has 0 bridgehead atoms. The molecular formula is C26H27F3N4O4. The molecular weight excluding hydrogens is 489 g/mol. The number of carbonyl (C=O) groups excluding carboxylic acids is 1. The third kappa shape index (κ3) is 6.36. The monoisotopic (exact) mass is 516 g/mol. The second-order valence-electron chi connectivity index (χ2n) is 8.19. The van der Waals surface area contributed by atoms with Gasteiger partial charge in [-0.15, -0.1) is 0 Å². The summed E-state index contributed by atoms with van der Waals surface area (Å²) in [6.45, 7) is 5.30. The smallest absolute Gasteiger partial charge is 0.475 e. The van der Waals surface area contributed by atoms with Crippen LogP contribution in [0.15, 0.2) is 59.4 Å². The minimum atomic E-state index is -5.08. The molecule has 0 radical (unpaired) electrons. The summed E-state index contributed by atoms with van der Waals surface area (Å²) in [6, 6.07) is 17.1. The van der Waals surface area contributed by atoms with Crippen LogP contribution in [-0.2, 0) is 4.79 Å². The second kappa shape index (κ2) is 11.3. The Bertz CT molecular complexity index is 1480. The normalized spacial score (nSPS) is 15.1. The van der Waals surface area contributed by atoms with E-state index in [1.54, 1.807) is 4.90 Å².